The van der Waals surface area contributed by atoms with Gasteiger partial charge in [-0.15, -0.1) is 0 Å². The number of aliphatic hydroxyl groups is 1. The van der Waals surface area contributed by atoms with E-state index in [-0.39, 0.29) is 17.8 Å². The van der Waals surface area contributed by atoms with Gasteiger partial charge in [-0.3, -0.25) is 4.79 Å². The topological polar surface area (TPSA) is 74.6 Å². The Morgan fingerprint density at radius 1 is 1.43 bits per heavy atom. The third kappa shape index (κ3) is 1.46. The molecule has 0 aliphatic heterocycles. The molecule has 1 rings (SSSR count). The van der Waals surface area contributed by atoms with Crippen molar-refractivity contribution in [1.82, 2.24) is 0 Å². The van der Waals surface area contributed by atoms with E-state index in [1.807, 2.05) is 0 Å². The zero-order valence-corrected chi connectivity index (χ0v) is 8.50. The first kappa shape index (κ1) is 10.9. The molecule has 1 atom stereocenters. The normalized spacial score (nSPS) is 31.1. The minimum atomic E-state index is -1.47. The quantitative estimate of drug-likeness (QED) is 0.652. The lowest BCUT2D eigenvalue weighted by molar-refractivity contribution is -0.140. The summed E-state index contributed by atoms with van der Waals surface area (Å²) in [5, 5.41) is 18.9. The molecule has 0 saturated heterocycles. The van der Waals surface area contributed by atoms with Gasteiger partial charge in [0.1, 0.15) is 0 Å². The van der Waals surface area contributed by atoms with Crippen molar-refractivity contribution in [2.45, 2.75) is 32.8 Å². The fraction of sp³-hybridized carbons (Fsp3) is 0.600. The number of aliphatic carboxylic acids is 1. The van der Waals surface area contributed by atoms with Crippen molar-refractivity contribution >= 4 is 11.8 Å². The van der Waals surface area contributed by atoms with Crippen molar-refractivity contribution in [1.29, 1.82) is 0 Å². The fourth-order valence-electron chi connectivity index (χ4n) is 1.59. The molecule has 78 valence electrons. The van der Waals surface area contributed by atoms with Gasteiger partial charge in [0.15, 0.2) is 5.78 Å². The lowest BCUT2D eigenvalue weighted by Gasteiger charge is -2.42. The van der Waals surface area contributed by atoms with E-state index in [2.05, 4.69) is 0 Å². The summed E-state index contributed by atoms with van der Waals surface area (Å²) in [5.74, 6) is -1.49. The molecule has 4 heteroatoms. The van der Waals surface area contributed by atoms with Gasteiger partial charge >= 0.3 is 5.97 Å². The van der Waals surface area contributed by atoms with Gasteiger partial charge in [-0.1, -0.05) is 13.8 Å². The van der Waals surface area contributed by atoms with Crippen LogP contribution >= 0.6 is 0 Å². The zero-order valence-electron chi connectivity index (χ0n) is 8.50. The van der Waals surface area contributed by atoms with Crippen LogP contribution in [0.4, 0.5) is 0 Å². The van der Waals surface area contributed by atoms with Crippen LogP contribution in [-0.2, 0) is 9.59 Å². The van der Waals surface area contributed by atoms with Gasteiger partial charge in [0.2, 0.25) is 0 Å². The molecule has 0 aromatic carbocycles. The Labute approximate surface area is 82.2 Å². The van der Waals surface area contributed by atoms with Crippen molar-refractivity contribution in [3.05, 3.63) is 11.6 Å². The zero-order chi connectivity index (χ0) is 11.1. The molecule has 0 aromatic rings. The molecule has 0 heterocycles. The molecule has 0 saturated carbocycles. The SMILES string of the molecule is CC1(C)CC(=O)C=C(C(=O)O)[C@@]1(C)O. The average molecular weight is 198 g/mol. The second-order valence-electron chi connectivity index (χ2n) is 4.46. The fourth-order valence-corrected chi connectivity index (χ4v) is 1.59. The van der Waals surface area contributed by atoms with E-state index in [1.54, 1.807) is 13.8 Å². The van der Waals surface area contributed by atoms with E-state index in [0.29, 0.717) is 0 Å². The number of hydrogen-bond donors (Lipinski definition) is 2. The lowest BCUT2D eigenvalue weighted by Crippen LogP contribution is -2.49. The van der Waals surface area contributed by atoms with E-state index < -0.39 is 17.0 Å². The van der Waals surface area contributed by atoms with Gasteiger partial charge in [0.25, 0.3) is 0 Å². The first-order chi connectivity index (χ1) is 6.18. The number of carbonyl (C=O) groups excluding carboxylic acids is 1. The number of carboxylic acid groups (broad SMARTS) is 1. The molecule has 0 unspecified atom stereocenters. The number of carboxylic acids is 1. The van der Waals surface area contributed by atoms with E-state index in [9.17, 15) is 14.7 Å². The summed E-state index contributed by atoms with van der Waals surface area (Å²) < 4.78 is 0. The monoisotopic (exact) mass is 198 g/mol. The van der Waals surface area contributed by atoms with Crippen LogP contribution in [0.1, 0.15) is 27.2 Å². The van der Waals surface area contributed by atoms with Crippen LogP contribution in [0.5, 0.6) is 0 Å². The van der Waals surface area contributed by atoms with Crippen molar-refractivity contribution in [3.63, 3.8) is 0 Å². The molecule has 14 heavy (non-hydrogen) atoms. The molecule has 0 amide bonds. The summed E-state index contributed by atoms with van der Waals surface area (Å²) in [7, 11) is 0. The minimum absolute atomic E-state index is 0.163. The summed E-state index contributed by atoms with van der Waals surface area (Å²) in [5.41, 5.74) is -2.43. The van der Waals surface area contributed by atoms with E-state index in [0.717, 1.165) is 6.08 Å². The van der Waals surface area contributed by atoms with Gasteiger partial charge in [-0.2, -0.15) is 0 Å². The first-order valence-electron chi connectivity index (χ1n) is 4.39. The highest BCUT2D eigenvalue weighted by molar-refractivity contribution is 6.02. The van der Waals surface area contributed by atoms with Crippen LogP contribution in [0.15, 0.2) is 11.6 Å². The Hall–Kier alpha value is -1.16. The molecule has 0 spiro atoms. The van der Waals surface area contributed by atoms with Crippen molar-refractivity contribution < 1.29 is 19.8 Å². The largest absolute Gasteiger partial charge is 0.478 e. The smallest absolute Gasteiger partial charge is 0.334 e. The highest BCUT2D eigenvalue weighted by Crippen LogP contribution is 2.42. The highest BCUT2D eigenvalue weighted by atomic mass is 16.4. The summed E-state index contributed by atoms with van der Waals surface area (Å²) in [6.45, 7) is 4.79. The van der Waals surface area contributed by atoms with Gasteiger partial charge in [0.05, 0.1) is 11.2 Å². The molecule has 0 aromatic heterocycles. The van der Waals surface area contributed by atoms with Crippen LogP contribution in [0.25, 0.3) is 0 Å². The van der Waals surface area contributed by atoms with Gasteiger partial charge in [-0.25, -0.2) is 4.79 Å². The second-order valence-corrected chi connectivity index (χ2v) is 4.46. The number of ketones is 1. The Balaban J connectivity index is 3.28. The summed E-state index contributed by atoms with van der Waals surface area (Å²) in [4.78, 5) is 22.1. The van der Waals surface area contributed by atoms with Crippen LogP contribution in [0, 0.1) is 5.41 Å². The van der Waals surface area contributed by atoms with Gasteiger partial charge in [-0.05, 0) is 13.0 Å². The van der Waals surface area contributed by atoms with Crippen LogP contribution < -0.4 is 0 Å². The van der Waals surface area contributed by atoms with Crippen molar-refractivity contribution in [2.24, 2.45) is 5.41 Å². The molecule has 2 N–H and O–H groups in total. The Morgan fingerprint density at radius 2 is 1.93 bits per heavy atom. The summed E-state index contributed by atoms with van der Waals surface area (Å²) in [6, 6.07) is 0. The molecule has 4 nitrogen and oxygen atoms in total. The van der Waals surface area contributed by atoms with Crippen LogP contribution in [-0.4, -0.2) is 27.6 Å². The molecular formula is C10H14O4. The lowest BCUT2D eigenvalue weighted by atomic mass is 9.65. The standard InChI is InChI=1S/C10H14O4/c1-9(2)5-6(11)4-7(8(12)13)10(9,3)14/h4,14H,5H2,1-3H3,(H,12,13)/t10-/m1/s1. The molecular weight excluding hydrogens is 184 g/mol. The average Bonchev–Trinajstić information content (AvgIpc) is 1.95. The third-order valence-electron chi connectivity index (χ3n) is 2.99. The molecule has 0 radical (unpaired) electrons. The van der Waals surface area contributed by atoms with Crippen molar-refractivity contribution in [2.75, 3.05) is 0 Å². The van der Waals surface area contributed by atoms with E-state index in [1.165, 1.54) is 6.92 Å². The molecule has 0 fully saturated rings. The predicted octanol–water partition coefficient (Wildman–Crippen LogP) is 0.747. The maximum absolute atomic E-state index is 11.2. The second kappa shape index (κ2) is 2.92. The Morgan fingerprint density at radius 3 is 2.36 bits per heavy atom. The maximum Gasteiger partial charge on any atom is 0.334 e. The highest BCUT2D eigenvalue weighted by Gasteiger charge is 2.48. The van der Waals surface area contributed by atoms with E-state index >= 15 is 0 Å². The number of rotatable bonds is 1. The van der Waals surface area contributed by atoms with Crippen LogP contribution in [0.2, 0.25) is 0 Å². The Bertz CT molecular complexity index is 323. The number of carbonyl (C=O) groups is 2. The minimum Gasteiger partial charge on any atom is -0.478 e. The number of allylic oxidation sites excluding steroid dienone is 1. The van der Waals surface area contributed by atoms with Crippen LogP contribution in [0.3, 0.4) is 0 Å². The third-order valence-corrected chi connectivity index (χ3v) is 2.99. The first-order valence-corrected chi connectivity index (χ1v) is 4.39. The molecule has 1 aliphatic carbocycles. The molecule has 1 aliphatic rings. The summed E-state index contributed by atoms with van der Waals surface area (Å²) in [6.07, 6.45) is 1.18. The maximum atomic E-state index is 11.2. The Kier molecular flexibility index (Phi) is 2.27. The van der Waals surface area contributed by atoms with Crippen molar-refractivity contribution in [3.8, 4) is 0 Å². The van der Waals surface area contributed by atoms with Gasteiger partial charge < -0.3 is 10.2 Å². The van der Waals surface area contributed by atoms with E-state index in [4.69, 9.17) is 5.11 Å². The van der Waals surface area contributed by atoms with Gasteiger partial charge in [0, 0.05) is 11.8 Å². The number of hydrogen-bond acceptors (Lipinski definition) is 3. The summed E-state index contributed by atoms with van der Waals surface area (Å²) >= 11 is 0. The predicted molar refractivity (Wildman–Crippen MR) is 49.7 cm³/mol. The molecule has 0 bridgehead atoms.